The van der Waals surface area contributed by atoms with Crippen LogP contribution in [0.25, 0.3) is 11.1 Å². The van der Waals surface area contributed by atoms with Crippen LogP contribution in [0.3, 0.4) is 0 Å². The van der Waals surface area contributed by atoms with Crippen molar-refractivity contribution in [3.05, 3.63) is 76.0 Å². The number of nitro groups is 1. The standard InChI is InChI=1S/C23H25N3O4/c1-23(2,3)19-10-8-18(9-11-19)17-6-4-16(5-7-17)14-29-20-12-25-13-21(26(27)28)24-22(25)30-15-20/h4-11,13,20H,12,14-15H2,1-3H3/t20-/m0/s1. The van der Waals surface area contributed by atoms with Crippen LogP contribution in [0.4, 0.5) is 5.82 Å². The van der Waals surface area contributed by atoms with Gasteiger partial charge in [-0.1, -0.05) is 69.3 Å². The Morgan fingerprint density at radius 1 is 1.13 bits per heavy atom. The van der Waals surface area contributed by atoms with E-state index in [9.17, 15) is 10.1 Å². The summed E-state index contributed by atoms with van der Waals surface area (Å²) in [5, 5.41) is 10.8. The zero-order valence-corrected chi connectivity index (χ0v) is 17.4. The average molecular weight is 407 g/mol. The molecule has 7 heteroatoms. The van der Waals surface area contributed by atoms with Crippen molar-refractivity contribution in [2.75, 3.05) is 6.61 Å². The fraction of sp³-hybridized carbons (Fsp3) is 0.348. The van der Waals surface area contributed by atoms with Gasteiger partial charge in [0.05, 0.1) is 13.2 Å². The van der Waals surface area contributed by atoms with Crippen LogP contribution in [-0.2, 0) is 23.3 Å². The summed E-state index contributed by atoms with van der Waals surface area (Å²) in [6.45, 7) is 7.89. The Morgan fingerprint density at radius 2 is 1.77 bits per heavy atom. The van der Waals surface area contributed by atoms with Crippen LogP contribution in [-0.4, -0.2) is 27.2 Å². The molecule has 0 saturated heterocycles. The Balaban J connectivity index is 1.35. The van der Waals surface area contributed by atoms with E-state index in [1.807, 2.05) is 0 Å². The summed E-state index contributed by atoms with van der Waals surface area (Å²) in [5.41, 5.74) is 4.87. The average Bonchev–Trinajstić information content (AvgIpc) is 3.16. The van der Waals surface area contributed by atoms with Gasteiger partial charge in [0.25, 0.3) is 0 Å². The van der Waals surface area contributed by atoms with Gasteiger partial charge in [0.2, 0.25) is 0 Å². The summed E-state index contributed by atoms with van der Waals surface area (Å²) < 4.78 is 13.1. The van der Waals surface area contributed by atoms with Gasteiger partial charge in [-0.25, -0.2) is 0 Å². The van der Waals surface area contributed by atoms with E-state index in [0.717, 1.165) is 11.1 Å². The molecule has 1 aliphatic rings. The first-order valence-electron chi connectivity index (χ1n) is 9.95. The third kappa shape index (κ3) is 4.36. The highest BCUT2D eigenvalue weighted by molar-refractivity contribution is 5.64. The van der Waals surface area contributed by atoms with Gasteiger partial charge < -0.3 is 19.6 Å². The molecule has 0 amide bonds. The molecule has 1 atom stereocenters. The van der Waals surface area contributed by atoms with E-state index in [1.54, 1.807) is 4.57 Å². The van der Waals surface area contributed by atoms with Crippen LogP contribution in [0.15, 0.2) is 54.7 Å². The van der Waals surface area contributed by atoms with Gasteiger partial charge in [-0.05, 0) is 32.6 Å². The maximum absolute atomic E-state index is 10.8. The monoisotopic (exact) mass is 407 g/mol. The van der Waals surface area contributed by atoms with Crippen molar-refractivity contribution < 1.29 is 14.4 Å². The molecule has 0 unspecified atom stereocenters. The van der Waals surface area contributed by atoms with Gasteiger partial charge in [-0.15, -0.1) is 0 Å². The molecular formula is C23H25N3O4. The van der Waals surface area contributed by atoms with Gasteiger partial charge in [0.15, 0.2) is 0 Å². The summed E-state index contributed by atoms with van der Waals surface area (Å²) in [6, 6.07) is 17.3. The zero-order chi connectivity index (χ0) is 21.3. The van der Waals surface area contributed by atoms with Gasteiger partial charge in [0, 0.05) is 4.98 Å². The lowest BCUT2D eigenvalue weighted by molar-refractivity contribution is -0.389. The number of rotatable bonds is 5. The van der Waals surface area contributed by atoms with E-state index in [1.165, 1.54) is 17.3 Å². The highest BCUT2D eigenvalue weighted by atomic mass is 16.6. The maximum atomic E-state index is 10.8. The van der Waals surface area contributed by atoms with E-state index in [-0.39, 0.29) is 23.3 Å². The molecule has 1 aliphatic heterocycles. The summed E-state index contributed by atoms with van der Waals surface area (Å²) in [6.07, 6.45) is 1.20. The minimum absolute atomic E-state index is 0.144. The van der Waals surface area contributed by atoms with Crippen LogP contribution in [0.2, 0.25) is 0 Å². The van der Waals surface area contributed by atoms with E-state index in [4.69, 9.17) is 9.47 Å². The quantitative estimate of drug-likeness (QED) is 0.451. The Bertz CT molecular complexity index is 1030. The first-order valence-corrected chi connectivity index (χ1v) is 9.95. The number of aromatic nitrogens is 2. The highest BCUT2D eigenvalue weighted by Gasteiger charge is 2.28. The van der Waals surface area contributed by atoms with E-state index >= 15 is 0 Å². The number of benzene rings is 2. The molecule has 0 fully saturated rings. The fourth-order valence-corrected chi connectivity index (χ4v) is 3.43. The molecule has 0 saturated carbocycles. The normalized spacial score (nSPS) is 16.0. The lowest BCUT2D eigenvalue weighted by Gasteiger charge is -2.22. The molecule has 7 nitrogen and oxygen atoms in total. The molecule has 0 spiro atoms. The van der Waals surface area contributed by atoms with Crippen LogP contribution in [0, 0.1) is 10.1 Å². The fourth-order valence-electron chi connectivity index (χ4n) is 3.43. The number of ether oxygens (including phenoxy) is 2. The molecule has 3 aromatic rings. The third-order valence-corrected chi connectivity index (χ3v) is 5.24. The van der Waals surface area contributed by atoms with Crippen molar-refractivity contribution in [1.29, 1.82) is 0 Å². The topological polar surface area (TPSA) is 79.4 Å². The lowest BCUT2D eigenvalue weighted by atomic mass is 9.86. The van der Waals surface area contributed by atoms with Crippen LogP contribution < -0.4 is 4.74 Å². The number of hydrogen-bond donors (Lipinski definition) is 0. The summed E-state index contributed by atoms with van der Waals surface area (Å²) in [5.74, 6) is -0.211. The number of hydrogen-bond acceptors (Lipinski definition) is 5. The van der Waals surface area contributed by atoms with Gasteiger partial charge in [0.1, 0.15) is 18.9 Å². The molecule has 0 bridgehead atoms. The summed E-state index contributed by atoms with van der Waals surface area (Å²) in [4.78, 5) is 14.2. The molecule has 0 radical (unpaired) electrons. The molecule has 30 heavy (non-hydrogen) atoms. The molecule has 0 N–H and O–H groups in total. The van der Waals surface area contributed by atoms with Crippen molar-refractivity contribution in [3.8, 4) is 17.1 Å². The maximum Gasteiger partial charge on any atom is 0.414 e. The third-order valence-electron chi connectivity index (χ3n) is 5.24. The van der Waals surface area contributed by atoms with Crippen molar-refractivity contribution >= 4 is 5.82 Å². The number of fused-ring (bicyclic) bond motifs is 1. The molecule has 156 valence electrons. The second-order valence-electron chi connectivity index (χ2n) is 8.56. The van der Waals surface area contributed by atoms with Crippen molar-refractivity contribution in [1.82, 2.24) is 9.55 Å². The molecule has 2 aromatic carbocycles. The summed E-state index contributed by atoms with van der Waals surface area (Å²) >= 11 is 0. The Morgan fingerprint density at radius 3 is 2.37 bits per heavy atom. The second-order valence-corrected chi connectivity index (χ2v) is 8.56. The molecule has 4 rings (SSSR count). The number of imidazole rings is 1. The Kier molecular flexibility index (Phi) is 5.30. The molecule has 2 heterocycles. The SMILES string of the molecule is CC(C)(C)c1ccc(-c2ccc(CO[C@@H]3COc4nc([N+](=O)[O-])cn4C3)cc2)cc1. The first kappa shape index (κ1) is 20.1. The Hall–Kier alpha value is -3.19. The van der Waals surface area contributed by atoms with Crippen LogP contribution >= 0.6 is 0 Å². The van der Waals surface area contributed by atoms with Gasteiger partial charge in [-0.3, -0.25) is 4.57 Å². The predicted octanol–water partition coefficient (Wildman–Crippen LogP) is 4.73. The van der Waals surface area contributed by atoms with Crippen LogP contribution in [0.1, 0.15) is 31.9 Å². The summed E-state index contributed by atoms with van der Waals surface area (Å²) in [7, 11) is 0. The minimum Gasteiger partial charge on any atom is -0.443 e. The van der Waals surface area contributed by atoms with E-state index < -0.39 is 4.92 Å². The highest BCUT2D eigenvalue weighted by Crippen LogP contribution is 2.27. The predicted molar refractivity (Wildman–Crippen MR) is 114 cm³/mol. The van der Waals surface area contributed by atoms with E-state index in [2.05, 4.69) is 74.3 Å². The number of nitrogens with zero attached hydrogens (tertiary/aromatic N) is 3. The molecule has 0 aliphatic carbocycles. The molecular weight excluding hydrogens is 382 g/mol. The lowest BCUT2D eigenvalue weighted by Crippen LogP contribution is -2.32. The molecule has 1 aromatic heterocycles. The van der Waals surface area contributed by atoms with Crippen molar-refractivity contribution in [2.45, 2.75) is 45.4 Å². The van der Waals surface area contributed by atoms with Gasteiger partial charge >= 0.3 is 11.8 Å². The Labute approximate surface area is 175 Å². The minimum atomic E-state index is -0.525. The first-order chi connectivity index (χ1) is 14.3. The smallest absolute Gasteiger partial charge is 0.414 e. The zero-order valence-electron chi connectivity index (χ0n) is 17.4. The van der Waals surface area contributed by atoms with Crippen molar-refractivity contribution in [3.63, 3.8) is 0 Å². The van der Waals surface area contributed by atoms with Crippen molar-refractivity contribution in [2.24, 2.45) is 0 Å². The van der Waals surface area contributed by atoms with Gasteiger partial charge in [-0.2, -0.15) is 0 Å². The largest absolute Gasteiger partial charge is 0.443 e. The second kappa shape index (κ2) is 7.91. The van der Waals surface area contributed by atoms with Crippen LogP contribution in [0.5, 0.6) is 6.01 Å². The van der Waals surface area contributed by atoms with E-state index in [0.29, 0.717) is 19.8 Å².